The topological polar surface area (TPSA) is 377 Å². The van der Waals surface area contributed by atoms with Crippen molar-refractivity contribution in [3.8, 4) is 33.8 Å². The molecule has 15 atom stereocenters. The number of aliphatic hydroxyl groups excluding tert-OH is 8. The highest BCUT2D eigenvalue weighted by Gasteiger charge is 2.50. The predicted molar refractivity (Wildman–Crippen MR) is 298 cm³/mol. The molecule has 3 heterocycles. The second-order valence-electron chi connectivity index (χ2n) is 21.6. The van der Waals surface area contributed by atoms with Gasteiger partial charge in [-0.1, -0.05) is 93.8 Å². The molecule has 0 aromatic heterocycles. The zero-order valence-corrected chi connectivity index (χ0v) is 46.4. The molecule has 0 spiro atoms. The fraction of sp³-hybridized carbons (Fsp3) is 0.475. The van der Waals surface area contributed by atoms with Crippen LogP contribution in [0.3, 0.4) is 0 Å². The van der Waals surface area contributed by atoms with Crippen LogP contribution in [-0.2, 0) is 28.8 Å². The van der Waals surface area contributed by atoms with Crippen molar-refractivity contribution < 1.29 is 84.3 Å². The molecule has 0 saturated carbocycles. The maximum Gasteiger partial charge on any atom is 0.251 e. The van der Waals surface area contributed by atoms with Crippen LogP contribution < -0.4 is 31.3 Å². The van der Waals surface area contributed by atoms with Gasteiger partial charge in [0.05, 0.1) is 31.0 Å². The Morgan fingerprint density at radius 3 is 1.72 bits per heavy atom. The summed E-state index contributed by atoms with van der Waals surface area (Å²) in [5.41, 5.74) is 3.38. The van der Waals surface area contributed by atoms with Gasteiger partial charge in [-0.2, -0.15) is 0 Å². The number of rotatable bonds is 15. The molecule has 3 aliphatic rings. The largest absolute Gasteiger partial charge is 0.508 e. The third kappa shape index (κ3) is 15.4. The van der Waals surface area contributed by atoms with E-state index in [-0.39, 0.29) is 23.4 Å². The van der Waals surface area contributed by atoms with Crippen molar-refractivity contribution >= 4 is 41.4 Å². The van der Waals surface area contributed by atoms with Crippen molar-refractivity contribution in [2.75, 3.05) is 19.7 Å². The number of unbranched alkanes of at least 4 members (excludes halogenated alkanes) is 3. The molecule has 24 heteroatoms. The first kappa shape index (κ1) is 63.0. The number of amides is 7. The average Bonchev–Trinajstić information content (AvgIpc) is 3.59. The van der Waals surface area contributed by atoms with Gasteiger partial charge in [-0.25, -0.2) is 0 Å². The van der Waals surface area contributed by atoms with Gasteiger partial charge in [-0.3, -0.25) is 33.6 Å². The van der Waals surface area contributed by atoms with E-state index in [1.807, 2.05) is 48.5 Å². The van der Waals surface area contributed by atoms with E-state index in [2.05, 4.69) is 33.5 Å². The Hall–Kier alpha value is -7.55. The number of phenolic OH excluding ortho intramolecular Hbond substituents is 1. The van der Waals surface area contributed by atoms with Crippen molar-refractivity contribution in [2.24, 2.45) is 5.92 Å². The third-order valence-electron chi connectivity index (χ3n) is 15.3. The highest BCUT2D eigenvalue weighted by atomic mass is 16.5. The van der Waals surface area contributed by atoms with E-state index in [4.69, 9.17) is 4.74 Å². The number of ether oxygens (including phenoxy) is 1. The Morgan fingerprint density at radius 1 is 0.627 bits per heavy atom. The highest BCUT2D eigenvalue weighted by molar-refractivity contribution is 6.00. The molecule has 83 heavy (non-hydrogen) atoms. The van der Waals surface area contributed by atoms with E-state index in [1.54, 1.807) is 12.1 Å². The second-order valence-corrected chi connectivity index (χ2v) is 21.6. The molecule has 0 unspecified atom stereocenters. The number of benzene rings is 4. The third-order valence-corrected chi connectivity index (χ3v) is 15.3. The molecule has 0 aliphatic carbocycles. The van der Waals surface area contributed by atoms with Gasteiger partial charge in [0.2, 0.25) is 35.4 Å². The van der Waals surface area contributed by atoms with E-state index in [0.717, 1.165) is 77.5 Å². The molecule has 4 aromatic rings. The van der Waals surface area contributed by atoms with Gasteiger partial charge in [0.1, 0.15) is 66.1 Å². The van der Waals surface area contributed by atoms with Gasteiger partial charge in [-0.05, 0) is 84.5 Å². The minimum absolute atomic E-state index is 0.0104. The fourth-order valence-corrected chi connectivity index (χ4v) is 10.4. The summed E-state index contributed by atoms with van der Waals surface area (Å²) in [5, 5.41) is 111. The molecule has 7 rings (SSSR count). The van der Waals surface area contributed by atoms with Crippen LogP contribution in [0.25, 0.3) is 22.3 Å². The first-order valence-electron chi connectivity index (χ1n) is 27.8. The zero-order chi connectivity index (χ0) is 60.4. The summed E-state index contributed by atoms with van der Waals surface area (Å²) < 4.78 is 5.88. The normalized spacial score (nSPS) is 27.3. The lowest BCUT2D eigenvalue weighted by molar-refractivity contribution is -0.148. The summed E-state index contributed by atoms with van der Waals surface area (Å²) >= 11 is 0. The SMILES string of the molecule is CCCCCCOc1ccc(-c2ccc(-c3ccc(C(=O)N[C@H]4C[C@@H](O)[C@H](O)NC(=O)[C@@H]5[C@@H](O)[C@@H](C)CN5C(=O)[C@H]([C@@H](C)O)NC(=O)[C@H]([C@H](O)[C@@H](O)c5ccc(O)cc5)NC(=O)[C@@H]5C[C@@H](O)CN5C(=O)[C@H]([C@@H](C)O)NC4=O)cc3)cc2)cc1. The fourth-order valence-electron chi connectivity index (χ4n) is 10.4. The molecule has 14 N–H and O–H groups in total. The number of hydrogen-bond donors (Lipinski definition) is 14. The van der Waals surface area contributed by atoms with Crippen LogP contribution in [0.5, 0.6) is 11.5 Å². The quantitative estimate of drug-likeness (QED) is 0.0665. The van der Waals surface area contributed by atoms with Gasteiger partial charge < -0.3 is 87.1 Å². The van der Waals surface area contributed by atoms with Crippen LogP contribution in [0.15, 0.2) is 97.1 Å². The lowest BCUT2D eigenvalue weighted by Gasteiger charge is -2.34. The molecule has 0 radical (unpaired) electrons. The van der Waals surface area contributed by atoms with Crippen LogP contribution >= 0.6 is 0 Å². The number of aromatic hydroxyl groups is 1. The first-order chi connectivity index (χ1) is 39.5. The number of nitrogens with zero attached hydrogens (tertiary/aromatic N) is 2. The maximum atomic E-state index is 14.5. The molecule has 0 bridgehead atoms. The summed E-state index contributed by atoms with van der Waals surface area (Å²) in [6, 6.07) is 14.8. The Morgan fingerprint density at radius 2 is 1.16 bits per heavy atom. The van der Waals surface area contributed by atoms with E-state index in [9.17, 15) is 79.5 Å². The Bertz CT molecular complexity index is 2890. The van der Waals surface area contributed by atoms with E-state index < -0.39 is 152 Å². The number of fused-ring (bicyclic) bond motifs is 2. The number of aliphatic hydroxyl groups is 8. The van der Waals surface area contributed by atoms with Crippen molar-refractivity contribution in [3.05, 3.63) is 108 Å². The Labute approximate surface area is 479 Å². The van der Waals surface area contributed by atoms with E-state index in [1.165, 1.54) is 37.6 Å². The summed E-state index contributed by atoms with van der Waals surface area (Å²) in [5.74, 6) is -8.67. The smallest absolute Gasteiger partial charge is 0.251 e. The molecular formula is C59H75N7O17. The summed E-state index contributed by atoms with van der Waals surface area (Å²) in [7, 11) is 0. The lowest BCUT2D eigenvalue weighted by Crippen LogP contribution is -2.64. The predicted octanol–water partition coefficient (Wildman–Crippen LogP) is -0.537. The molecule has 3 fully saturated rings. The average molecular weight is 1150 g/mol. The standard InChI is InChI=1S/C59H75N7O17/c1-5-6-7-8-25-83-41-23-19-36(20-24-41)34-11-9-33(10-12-34)35-13-15-38(16-14-35)52(75)60-42-27-44(71)55(78)64-57(80)48-49(72)30(2)28-66(48)59(82)46(32(4)68)62-56(79)47(51(74)50(73)37-17-21-39(69)22-18-37)63-54(77)43-26-40(70)29-65(43)58(81)45(31(3)67)61-53(42)76/h9-24,30-32,40,42-51,55,67-74,78H,5-8,25-29H2,1-4H3,(H,60,75)(H,61,76)(H,62,79)(H,63,77)(H,64,80)/t30-,31+,32+,40+,42-,43-,44+,45-,46-,47-,48-,49-,50-,51-,55-/m0/s1. The number of hydrogen-bond acceptors (Lipinski definition) is 17. The number of nitrogens with one attached hydrogen (secondary N) is 5. The second kappa shape index (κ2) is 28.1. The molecule has 3 saturated heterocycles. The Kier molecular flexibility index (Phi) is 21.4. The number of carbonyl (C=O) groups is 7. The van der Waals surface area contributed by atoms with Crippen molar-refractivity contribution in [1.82, 2.24) is 36.4 Å². The minimum atomic E-state index is -2.29. The van der Waals surface area contributed by atoms with Crippen LogP contribution in [0.2, 0.25) is 0 Å². The first-order valence-corrected chi connectivity index (χ1v) is 27.8. The summed E-state index contributed by atoms with van der Waals surface area (Å²) in [6.45, 7) is 5.50. The molecular weight excluding hydrogens is 1080 g/mol. The monoisotopic (exact) mass is 1150 g/mol. The number of phenols is 1. The zero-order valence-electron chi connectivity index (χ0n) is 46.4. The Balaban J connectivity index is 1.17. The van der Waals surface area contributed by atoms with Gasteiger partial charge in [0.15, 0.2) is 6.23 Å². The van der Waals surface area contributed by atoms with Crippen LogP contribution in [0.4, 0.5) is 0 Å². The molecule has 3 aliphatic heterocycles. The maximum absolute atomic E-state index is 14.5. The van der Waals surface area contributed by atoms with Crippen molar-refractivity contribution in [1.29, 1.82) is 0 Å². The van der Waals surface area contributed by atoms with Gasteiger partial charge in [0.25, 0.3) is 5.91 Å². The van der Waals surface area contributed by atoms with Gasteiger partial charge >= 0.3 is 0 Å². The molecule has 4 aromatic carbocycles. The van der Waals surface area contributed by atoms with Crippen LogP contribution in [0, 0.1) is 5.92 Å². The molecule has 7 amide bonds. The lowest BCUT2D eigenvalue weighted by atomic mass is 9.96. The van der Waals surface area contributed by atoms with E-state index in [0.29, 0.717) is 12.2 Å². The van der Waals surface area contributed by atoms with E-state index >= 15 is 0 Å². The summed E-state index contributed by atoms with van der Waals surface area (Å²) in [4.78, 5) is 102. The molecule has 448 valence electrons. The highest BCUT2D eigenvalue weighted by Crippen LogP contribution is 2.30. The van der Waals surface area contributed by atoms with Crippen molar-refractivity contribution in [2.45, 2.75) is 151 Å². The van der Waals surface area contributed by atoms with Crippen LogP contribution in [0.1, 0.15) is 88.2 Å². The number of carbonyl (C=O) groups excluding carboxylic acids is 7. The van der Waals surface area contributed by atoms with Crippen molar-refractivity contribution in [3.63, 3.8) is 0 Å². The van der Waals surface area contributed by atoms with Gasteiger partial charge in [-0.15, -0.1) is 0 Å². The van der Waals surface area contributed by atoms with Crippen LogP contribution in [-0.4, -0.2) is 196 Å². The summed E-state index contributed by atoms with van der Waals surface area (Å²) in [6.07, 6.45) is -12.4. The van der Waals surface area contributed by atoms with Gasteiger partial charge in [0, 0.05) is 37.4 Å². The minimum Gasteiger partial charge on any atom is -0.508 e. The molecule has 24 nitrogen and oxygen atoms in total.